The van der Waals surface area contributed by atoms with Gasteiger partial charge in [-0.05, 0) is 23.3 Å². The number of carbonyl (C=O) groups excluding carboxylic acids is 1. The van der Waals surface area contributed by atoms with Crippen molar-refractivity contribution in [1.29, 1.82) is 0 Å². The molecule has 126 valence electrons. The van der Waals surface area contributed by atoms with Crippen LogP contribution in [0.4, 0.5) is 0 Å². The molecule has 2 aromatic rings. The van der Waals surface area contributed by atoms with Gasteiger partial charge in [-0.1, -0.05) is 20.8 Å². The second kappa shape index (κ2) is 7.23. The van der Waals surface area contributed by atoms with E-state index < -0.39 is 0 Å². The van der Waals surface area contributed by atoms with E-state index >= 15 is 0 Å². The lowest BCUT2D eigenvalue weighted by molar-refractivity contribution is -0.122. The highest BCUT2D eigenvalue weighted by Gasteiger charge is 2.25. The van der Waals surface area contributed by atoms with Gasteiger partial charge in [-0.25, -0.2) is 4.98 Å². The van der Waals surface area contributed by atoms with Crippen LogP contribution < -0.4 is 10.9 Å². The first kappa shape index (κ1) is 17.6. The van der Waals surface area contributed by atoms with Crippen molar-refractivity contribution in [2.75, 3.05) is 6.61 Å². The molecular formula is C16H23N3O3S. The summed E-state index contributed by atoms with van der Waals surface area (Å²) in [7, 11) is 0. The molecule has 6 nitrogen and oxygen atoms in total. The molecule has 0 aliphatic rings. The quantitative estimate of drug-likeness (QED) is 0.841. The number of aliphatic hydroxyl groups excluding tert-OH is 1. The van der Waals surface area contributed by atoms with Crippen molar-refractivity contribution in [2.45, 2.75) is 46.2 Å². The maximum atomic E-state index is 12.3. The highest BCUT2D eigenvalue weighted by Crippen LogP contribution is 2.21. The Labute approximate surface area is 139 Å². The number of hydrogen-bond donors (Lipinski definition) is 2. The molecule has 2 heterocycles. The number of aryl methyl sites for hydroxylation is 1. The van der Waals surface area contributed by atoms with Crippen LogP contribution in [0.3, 0.4) is 0 Å². The summed E-state index contributed by atoms with van der Waals surface area (Å²) in [6, 6.07) is 1.65. The molecule has 0 bridgehead atoms. The van der Waals surface area contributed by atoms with E-state index in [0.29, 0.717) is 23.2 Å². The molecule has 7 heteroatoms. The Morgan fingerprint density at radius 2 is 2.22 bits per heavy atom. The fourth-order valence-electron chi connectivity index (χ4n) is 2.39. The fraction of sp³-hybridized carbons (Fsp3) is 0.562. The van der Waals surface area contributed by atoms with E-state index in [9.17, 15) is 9.59 Å². The topological polar surface area (TPSA) is 84.2 Å². The normalized spacial score (nSPS) is 13.2. The number of carbonyl (C=O) groups is 1. The zero-order valence-corrected chi connectivity index (χ0v) is 14.5. The van der Waals surface area contributed by atoms with Gasteiger partial charge in [-0.15, -0.1) is 11.3 Å². The molecule has 0 fully saturated rings. The Bertz CT molecular complexity index is 730. The van der Waals surface area contributed by atoms with E-state index in [-0.39, 0.29) is 36.0 Å². The van der Waals surface area contributed by atoms with Gasteiger partial charge in [0.15, 0.2) is 0 Å². The summed E-state index contributed by atoms with van der Waals surface area (Å²) >= 11 is 1.42. The number of fused-ring (bicyclic) bond motifs is 1. The van der Waals surface area contributed by atoms with Crippen LogP contribution in [-0.2, 0) is 11.3 Å². The molecule has 0 spiro atoms. The first-order chi connectivity index (χ1) is 10.8. The van der Waals surface area contributed by atoms with E-state index in [1.807, 2.05) is 26.2 Å². The summed E-state index contributed by atoms with van der Waals surface area (Å²) in [6.07, 6.45) is 2.20. The van der Waals surface area contributed by atoms with Crippen LogP contribution in [0.15, 0.2) is 22.6 Å². The summed E-state index contributed by atoms with van der Waals surface area (Å²) in [5, 5.41) is 14.5. The van der Waals surface area contributed by atoms with Crippen LogP contribution in [-0.4, -0.2) is 33.2 Å². The van der Waals surface area contributed by atoms with Crippen molar-refractivity contribution in [3.63, 3.8) is 0 Å². The number of nitrogens with one attached hydrogen (secondary N) is 1. The number of aromatic nitrogens is 2. The first-order valence-corrected chi connectivity index (χ1v) is 8.53. The molecule has 0 saturated carbocycles. The van der Waals surface area contributed by atoms with E-state index in [2.05, 4.69) is 10.3 Å². The molecule has 0 aromatic carbocycles. The lowest BCUT2D eigenvalue weighted by Crippen LogP contribution is -2.44. The number of hydrogen-bond acceptors (Lipinski definition) is 5. The summed E-state index contributed by atoms with van der Waals surface area (Å²) < 4.78 is 1.47. The van der Waals surface area contributed by atoms with Crippen LogP contribution in [0, 0.1) is 5.41 Å². The first-order valence-electron chi connectivity index (χ1n) is 7.66. The van der Waals surface area contributed by atoms with Crippen molar-refractivity contribution in [2.24, 2.45) is 5.41 Å². The third-order valence-corrected chi connectivity index (χ3v) is 4.65. The number of aliphatic hydroxyl groups is 1. The van der Waals surface area contributed by atoms with Crippen LogP contribution in [0.2, 0.25) is 0 Å². The van der Waals surface area contributed by atoms with Crippen LogP contribution >= 0.6 is 11.3 Å². The third-order valence-electron chi connectivity index (χ3n) is 3.83. The molecule has 0 saturated heterocycles. The standard InChI is InChI=1S/C16H23N3O3S/c1-16(2,3)12(5-8-20)18-13(21)4-7-19-10-17-14-11(15(19)22)6-9-23-14/h6,9-10,12,20H,4-5,7-8H2,1-3H3,(H,18,21). The minimum atomic E-state index is -0.133. The molecule has 1 unspecified atom stereocenters. The fourth-order valence-corrected chi connectivity index (χ4v) is 3.12. The second-order valence-corrected chi connectivity index (χ2v) is 7.53. The molecular weight excluding hydrogens is 314 g/mol. The summed E-state index contributed by atoms with van der Waals surface area (Å²) in [5.74, 6) is -0.129. The number of nitrogens with zero attached hydrogens (tertiary/aromatic N) is 2. The molecule has 0 radical (unpaired) electrons. The van der Waals surface area contributed by atoms with Crippen molar-refractivity contribution in [3.05, 3.63) is 28.1 Å². The van der Waals surface area contributed by atoms with Crippen molar-refractivity contribution in [3.8, 4) is 0 Å². The van der Waals surface area contributed by atoms with E-state index in [1.54, 1.807) is 6.07 Å². The van der Waals surface area contributed by atoms with E-state index in [1.165, 1.54) is 22.2 Å². The maximum Gasteiger partial charge on any atom is 0.262 e. The van der Waals surface area contributed by atoms with Gasteiger partial charge < -0.3 is 10.4 Å². The highest BCUT2D eigenvalue weighted by molar-refractivity contribution is 7.16. The van der Waals surface area contributed by atoms with Gasteiger partial charge in [-0.2, -0.15) is 0 Å². The lowest BCUT2D eigenvalue weighted by Gasteiger charge is -2.31. The molecule has 1 atom stereocenters. The molecule has 1 amide bonds. The SMILES string of the molecule is CC(C)(C)C(CCO)NC(=O)CCn1cnc2sccc2c1=O. The van der Waals surface area contributed by atoms with Crippen molar-refractivity contribution >= 4 is 27.5 Å². The number of thiophene rings is 1. The molecule has 0 aliphatic carbocycles. The van der Waals surface area contributed by atoms with E-state index in [4.69, 9.17) is 5.11 Å². The van der Waals surface area contributed by atoms with Crippen LogP contribution in [0.1, 0.15) is 33.6 Å². The average Bonchev–Trinajstić information content (AvgIpc) is 2.94. The Morgan fingerprint density at radius 3 is 2.87 bits per heavy atom. The molecule has 2 N–H and O–H groups in total. The number of rotatable bonds is 6. The highest BCUT2D eigenvalue weighted by atomic mass is 32.1. The van der Waals surface area contributed by atoms with Crippen LogP contribution in [0.25, 0.3) is 10.2 Å². The summed E-state index contributed by atoms with van der Waals surface area (Å²) in [5.41, 5.74) is -0.251. The van der Waals surface area contributed by atoms with Gasteiger partial charge in [0.25, 0.3) is 5.56 Å². The van der Waals surface area contributed by atoms with Gasteiger partial charge in [0, 0.05) is 25.6 Å². The van der Waals surface area contributed by atoms with Gasteiger partial charge >= 0.3 is 0 Å². The van der Waals surface area contributed by atoms with E-state index in [0.717, 1.165) is 0 Å². The Hall–Kier alpha value is -1.73. The van der Waals surface area contributed by atoms with Gasteiger partial charge in [0.2, 0.25) is 5.91 Å². The Balaban J connectivity index is 2.00. The average molecular weight is 337 g/mol. The molecule has 0 aliphatic heterocycles. The van der Waals surface area contributed by atoms with Crippen molar-refractivity contribution < 1.29 is 9.90 Å². The maximum absolute atomic E-state index is 12.3. The predicted octanol–water partition coefficient (Wildman–Crippen LogP) is 1.76. The molecule has 2 aromatic heterocycles. The largest absolute Gasteiger partial charge is 0.396 e. The van der Waals surface area contributed by atoms with Crippen LogP contribution in [0.5, 0.6) is 0 Å². The van der Waals surface area contributed by atoms with Gasteiger partial charge in [0.1, 0.15) is 4.83 Å². The minimum Gasteiger partial charge on any atom is -0.396 e. The summed E-state index contributed by atoms with van der Waals surface area (Å²) in [6.45, 7) is 6.38. The minimum absolute atomic E-state index is 0.0282. The van der Waals surface area contributed by atoms with Gasteiger partial charge in [-0.3, -0.25) is 14.2 Å². The number of amides is 1. The van der Waals surface area contributed by atoms with Crippen molar-refractivity contribution in [1.82, 2.24) is 14.9 Å². The Kier molecular flexibility index (Phi) is 5.54. The second-order valence-electron chi connectivity index (χ2n) is 6.63. The third kappa shape index (κ3) is 4.39. The zero-order valence-electron chi connectivity index (χ0n) is 13.7. The Morgan fingerprint density at radius 1 is 1.48 bits per heavy atom. The monoisotopic (exact) mass is 337 g/mol. The molecule has 23 heavy (non-hydrogen) atoms. The lowest BCUT2D eigenvalue weighted by atomic mass is 9.85. The predicted molar refractivity (Wildman–Crippen MR) is 91.6 cm³/mol. The zero-order chi connectivity index (χ0) is 17.0. The summed E-state index contributed by atoms with van der Waals surface area (Å²) in [4.78, 5) is 29.3. The smallest absolute Gasteiger partial charge is 0.262 e. The van der Waals surface area contributed by atoms with Gasteiger partial charge in [0.05, 0.1) is 11.7 Å². The molecule has 2 rings (SSSR count).